The number of morpholine rings is 1. The van der Waals surface area contributed by atoms with Crippen molar-refractivity contribution >= 4 is 28.5 Å². The normalized spacial score (nSPS) is 16.1. The predicted molar refractivity (Wildman–Crippen MR) is 159 cm³/mol. The van der Waals surface area contributed by atoms with Crippen molar-refractivity contribution in [3.63, 3.8) is 0 Å². The fourth-order valence-corrected chi connectivity index (χ4v) is 5.69. The fourth-order valence-electron chi connectivity index (χ4n) is 5.69. The number of aryl methyl sites for hydroxylation is 1. The van der Waals surface area contributed by atoms with Crippen LogP contribution in [0.1, 0.15) is 27.2 Å². The number of alkyl halides is 6. The van der Waals surface area contributed by atoms with Gasteiger partial charge in [-0.05, 0) is 36.8 Å². The molecule has 1 fully saturated rings. The Bertz CT molecular complexity index is 1990. The van der Waals surface area contributed by atoms with Crippen molar-refractivity contribution in [1.82, 2.24) is 14.9 Å². The largest absolute Gasteiger partial charge is 0.480 e. The number of hydrogen-bond acceptors (Lipinski definition) is 6. The van der Waals surface area contributed by atoms with Gasteiger partial charge in [0.25, 0.3) is 11.5 Å². The first-order valence-electron chi connectivity index (χ1n) is 14.5. The van der Waals surface area contributed by atoms with Crippen LogP contribution in [0.3, 0.4) is 0 Å². The molecule has 0 bridgehead atoms. The summed E-state index contributed by atoms with van der Waals surface area (Å²) < 4.78 is 119. The van der Waals surface area contributed by atoms with Gasteiger partial charge >= 0.3 is 18.3 Å². The molecule has 4 aromatic rings. The standard InChI is InChI=1S/C32H26F8N4O5/c1-15-10-20(31(35,36)37)25(29(46)43(15)2)19-6-5-16(18-4-3-7-41-27(18)19)11-23(30(47)48)42-28(45)26-21(33)12-17(13-22(26)34)44-8-9-49-14-24(44)32(38,39)40/h3-7,10,12-13,23-24H,8-9,11,14H2,1-2H3,(H,42,45)(H,47,48)/t23-,24+/m0/s1. The monoisotopic (exact) mass is 698 g/mol. The molecule has 1 aliphatic heterocycles. The molecule has 1 saturated heterocycles. The van der Waals surface area contributed by atoms with E-state index >= 15 is 8.78 Å². The molecule has 2 aromatic heterocycles. The Labute approximate surface area is 271 Å². The summed E-state index contributed by atoms with van der Waals surface area (Å²) in [5.41, 5.74) is -4.71. The number of carbonyl (C=O) groups excluding carboxylic acids is 1. The van der Waals surface area contributed by atoms with Gasteiger partial charge in [-0.3, -0.25) is 14.6 Å². The number of amides is 1. The van der Waals surface area contributed by atoms with Crippen molar-refractivity contribution in [3.05, 3.63) is 93.0 Å². The number of rotatable bonds is 7. The van der Waals surface area contributed by atoms with Crippen LogP contribution in [0, 0.1) is 18.6 Å². The zero-order valence-electron chi connectivity index (χ0n) is 25.5. The number of carboxylic acids is 1. The number of carbonyl (C=O) groups is 2. The molecule has 0 saturated carbocycles. The van der Waals surface area contributed by atoms with E-state index < -0.39 is 88.9 Å². The molecule has 3 heterocycles. The number of ether oxygens (including phenoxy) is 1. The second-order valence-electron chi connectivity index (χ2n) is 11.3. The highest BCUT2D eigenvalue weighted by Crippen LogP contribution is 2.39. The molecule has 1 amide bonds. The molecule has 0 radical (unpaired) electrons. The van der Waals surface area contributed by atoms with Crippen molar-refractivity contribution in [3.8, 4) is 11.1 Å². The van der Waals surface area contributed by atoms with Gasteiger partial charge in [-0.25, -0.2) is 13.6 Å². The Kier molecular flexibility index (Phi) is 9.42. The van der Waals surface area contributed by atoms with E-state index in [9.17, 15) is 45.8 Å². The summed E-state index contributed by atoms with van der Waals surface area (Å²) in [4.78, 5) is 43.2. The average Bonchev–Trinajstić information content (AvgIpc) is 3.02. The van der Waals surface area contributed by atoms with Crippen LogP contribution in [0.25, 0.3) is 22.0 Å². The number of nitrogens with zero attached hydrogens (tertiary/aromatic N) is 3. The van der Waals surface area contributed by atoms with Crippen LogP contribution in [0.5, 0.6) is 0 Å². The van der Waals surface area contributed by atoms with Crippen LogP contribution in [-0.2, 0) is 29.2 Å². The summed E-state index contributed by atoms with van der Waals surface area (Å²) in [6, 6.07) is 3.03. The lowest BCUT2D eigenvalue weighted by Gasteiger charge is -2.38. The number of carboxylic acid groups (broad SMARTS) is 1. The number of nitrogens with one attached hydrogen (secondary N) is 1. The summed E-state index contributed by atoms with van der Waals surface area (Å²) in [6.45, 7) is 0.0350. The highest BCUT2D eigenvalue weighted by Gasteiger charge is 2.46. The quantitative estimate of drug-likeness (QED) is 0.249. The van der Waals surface area contributed by atoms with E-state index in [4.69, 9.17) is 4.74 Å². The third-order valence-corrected chi connectivity index (χ3v) is 8.22. The summed E-state index contributed by atoms with van der Waals surface area (Å²) in [5.74, 6) is -6.29. The highest BCUT2D eigenvalue weighted by atomic mass is 19.4. The summed E-state index contributed by atoms with van der Waals surface area (Å²) in [5, 5.41) is 12.0. The predicted octanol–water partition coefficient (Wildman–Crippen LogP) is 5.40. The molecule has 260 valence electrons. The van der Waals surface area contributed by atoms with Crippen LogP contribution < -0.4 is 15.8 Å². The van der Waals surface area contributed by atoms with Gasteiger partial charge in [-0.15, -0.1) is 0 Å². The molecule has 2 N–H and O–H groups in total. The molecule has 49 heavy (non-hydrogen) atoms. The summed E-state index contributed by atoms with van der Waals surface area (Å²) in [7, 11) is 1.30. The number of fused-ring (bicyclic) bond motifs is 1. The number of benzene rings is 2. The van der Waals surface area contributed by atoms with Crippen LogP contribution in [0.15, 0.2) is 53.5 Å². The van der Waals surface area contributed by atoms with Gasteiger partial charge in [0.05, 0.1) is 29.9 Å². The molecule has 0 aliphatic carbocycles. The number of aliphatic carboxylic acids is 1. The SMILES string of the molecule is Cc1cc(C(F)(F)F)c(-c2ccc(C[C@H](NC(=O)c3c(F)cc(N4CCOC[C@@H]4C(F)(F)F)cc3F)C(=O)O)c3cccnc23)c(=O)n1C. The van der Waals surface area contributed by atoms with Crippen LogP contribution in [0.2, 0.25) is 0 Å². The van der Waals surface area contributed by atoms with Crippen LogP contribution in [-0.4, -0.2) is 64.6 Å². The minimum absolute atomic E-state index is 0.0455. The molecule has 2 atom stereocenters. The molecule has 0 spiro atoms. The lowest BCUT2D eigenvalue weighted by molar-refractivity contribution is -0.167. The maximum atomic E-state index is 15.1. The second kappa shape index (κ2) is 13.1. The van der Waals surface area contributed by atoms with Gasteiger partial charge in [-0.2, -0.15) is 26.3 Å². The van der Waals surface area contributed by atoms with Crippen LogP contribution >= 0.6 is 0 Å². The number of hydrogen-bond donors (Lipinski definition) is 2. The van der Waals surface area contributed by atoms with Crippen molar-refractivity contribution in [1.29, 1.82) is 0 Å². The highest BCUT2D eigenvalue weighted by molar-refractivity contribution is 5.99. The first-order chi connectivity index (χ1) is 22.9. The van der Waals surface area contributed by atoms with Crippen LogP contribution in [0.4, 0.5) is 40.8 Å². The van der Waals surface area contributed by atoms with E-state index in [1.807, 2.05) is 5.32 Å². The lowest BCUT2D eigenvalue weighted by Crippen LogP contribution is -2.53. The smallest absolute Gasteiger partial charge is 0.417 e. The van der Waals surface area contributed by atoms with Gasteiger partial charge in [0.15, 0.2) is 0 Å². The topological polar surface area (TPSA) is 114 Å². The third-order valence-electron chi connectivity index (χ3n) is 8.22. The minimum Gasteiger partial charge on any atom is -0.480 e. The Hall–Kier alpha value is -5.06. The number of pyridine rings is 2. The van der Waals surface area contributed by atoms with Crippen molar-refractivity contribution in [2.24, 2.45) is 7.05 Å². The average molecular weight is 699 g/mol. The molecular formula is C32H26F8N4O5. The van der Waals surface area contributed by atoms with Crippen molar-refractivity contribution in [2.75, 3.05) is 24.7 Å². The molecular weight excluding hydrogens is 672 g/mol. The van der Waals surface area contributed by atoms with Crippen molar-refractivity contribution < 1.29 is 54.6 Å². The summed E-state index contributed by atoms with van der Waals surface area (Å²) >= 11 is 0. The molecule has 0 unspecified atom stereocenters. The molecule has 5 rings (SSSR count). The Morgan fingerprint density at radius 3 is 2.37 bits per heavy atom. The summed E-state index contributed by atoms with van der Waals surface area (Å²) in [6.07, 6.45) is -9.02. The maximum Gasteiger partial charge on any atom is 0.417 e. The Balaban J connectivity index is 1.48. The number of anilines is 1. The zero-order chi connectivity index (χ0) is 36.0. The molecule has 2 aromatic carbocycles. The van der Waals surface area contributed by atoms with E-state index in [1.54, 1.807) is 0 Å². The first kappa shape index (κ1) is 35.3. The van der Waals surface area contributed by atoms with Gasteiger partial charge in [0.1, 0.15) is 29.3 Å². The Morgan fingerprint density at radius 1 is 1.08 bits per heavy atom. The molecule has 17 heteroatoms. The minimum atomic E-state index is -4.92. The van der Waals surface area contributed by atoms with Crippen molar-refractivity contribution in [2.45, 2.75) is 37.8 Å². The zero-order valence-corrected chi connectivity index (χ0v) is 25.5. The first-order valence-corrected chi connectivity index (χ1v) is 14.5. The number of halogens is 8. The van der Waals surface area contributed by atoms with Gasteiger partial charge < -0.3 is 24.6 Å². The van der Waals surface area contributed by atoms with Gasteiger partial charge in [0, 0.05) is 48.5 Å². The molecule has 9 nitrogen and oxygen atoms in total. The van der Waals surface area contributed by atoms with E-state index in [-0.39, 0.29) is 40.9 Å². The van der Waals surface area contributed by atoms with Gasteiger partial charge in [0.2, 0.25) is 0 Å². The maximum absolute atomic E-state index is 15.1. The van der Waals surface area contributed by atoms with E-state index in [1.165, 1.54) is 38.4 Å². The van der Waals surface area contributed by atoms with E-state index in [0.717, 1.165) is 16.7 Å². The number of aromatic nitrogens is 2. The van der Waals surface area contributed by atoms with E-state index in [2.05, 4.69) is 4.98 Å². The van der Waals surface area contributed by atoms with Gasteiger partial charge in [-0.1, -0.05) is 18.2 Å². The molecule has 1 aliphatic rings. The Morgan fingerprint density at radius 2 is 1.76 bits per heavy atom. The lowest BCUT2D eigenvalue weighted by atomic mass is 9.93. The fraction of sp³-hybridized carbons (Fsp3) is 0.312. The second-order valence-corrected chi connectivity index (χ2v) is 11.3. The third kappa shape index (κ3) is 6.93. The van der Waals surface area contributed by atoms with E-state index in [0.29, 0.717) is 17.0 Å².